The first-order valence-electron chi connectivity index (χ1n) is 5.42. The Kier molecular flexibility index (Phi) is 7.39. The molecule has 0 aromatic heterocycles. The van der Waals surface area contributed by atoms with Gasteiger partial charge in [0.15, 0.2) is 0 Å². The maximum absolute atomic E-state index is 13.1. The van der Waals surface area contributed by atoms with Crippen molar-refractivity contribution in [2.75, 3.05) is 13.1 Å². The molecule has 104 valence electrons. The average molecular weight is 297 g/mol. The summed E-state index contributed by atoms with van der Waals surface area (Å²) >= 11 is 0. The number of nitrogens with one attached hydrogen (secondary N) is 1. The number of rotatable bonds is 6. The number of hydrogen-bond acceptors (Lipinski definition) is 3. The van der Waals surface area contributed by atoms with Crippen LogP contribution in [0.2, 0.25) is 0 Å². The van der Waals surface area contributed by atoms with E-state index in [4.69, 9.17) is 5.73 Å². The van der Waals surface area contributed by atoms with Crippen LogP contribution in [-0.2, 0) is 10.0 Å². The Hall–Kier alpha value is -0.690. The van der Waals surface area contributed by atoms with Gasteiger partial charge in [-0.25, -0.2) is 17.5 Å². The number of halogens is 2. The summed E-state index contributed by atoms with van der Waals surface area (Å²) < 4.78 is 39.1. The van der Waals surface area contributed by atoms with Gasteiger partial charge in [0.05, 0.1) is 4.90 Å². The highest BCUT2D eigenvalue weighted by Crippen LogP contribution is 2.13. The third kappa shape index (κ3) is 5.30. The maximum Gasteiger partial charge on any atom is 0.240 e. The lowest BCUT2D eigenvalue weighted by atomic mass is 10.2. The van der Waals surface area contributed by atoms with Crippen LogP contribution in [0.5, 0.6) is 0 Å². The third-order valence-corrected chi connectivity index (χ3v) is 3.69. The first-order chi connectivity index (χ1) is 7.95. The zero-order chi connectivity index (χ0) is 12.9. The highest BCUT2D eigenvalue weighted by molar-refractivity contribution is 7.89. The molecule has 0 fully saturated rings. The molecule has 0 saturated carbocycles. The standard InChI is InChI=1S/C11H17FN2O2S.ClH/c1-9-6-10(12)8-11(7-9)17(15,16)14-5-3-2-4-13;/h6-8,14H,2-5,13H2,1H3;1H. The Labute approximate surface area is 113 Å². The summed E-state index contributed by atoms with van der Waals surface area (Å²) in [6.45, 7) is 2.49. The van der Waals surface area contributed by atoms with Crippen LogP contribution < -0.4 is 10.5 Å². The Morgan fingerprint density at radius 2 is 1.94 bits per heavy atom. The fraction of sp³-hybridized carbons (Fsp3) is 0.455. The molecule has 0 bridgehead atoms. The molecule has 0 aliphatic rings. The molecule has 7 heteroatoms. The number of hydrogen-bond donors (Lipinski definition) is 2. The van der Waals surface area contributed by atoms with Crippen molar-refractivity contribution in [1.82, 2.24) is 4.72 Å². The van der Waals surface area contributed by atoms with E-state index >= 15 is 0 Å². The van der Waals surface area contributed by atoms with E-state index in [-0.39, 0.29) is 17.3 Å². The third-order valence-electron chi connectivity index (χ3n) is 2.25. The van der Waals surface area contributed by atoms with Gasteiger partial charge >= 0.3 is 0 Å². The van der Waals surface area contributed by atoms with E-state index in [1.54, 1.807) is 6.92 Å². The van der Waals surface area contributed by atoms with Crippen molar-refractivity contribution in [1.29, 1.82) is 0 Å². The van der Waals surface area contributed by atoms with Crippen LogP contribution in [0.25, 0.3) is 0 Å². The molecule has 1 aromatic carbocycles. The lowest BCUT2D eigenvalue weighted by Gasteiger charge is -2.07. The second-order valence-electron chi connectivity index (χ2n) is 3.86. The van der Waals surface area contributed by atoms with Gasteiger partial charge in [-0.2, -0.15) is 0 Å². The second kappa shape index (κ2) is 7.68. The normalized spacial score (nSPS) is 11.1. The van der Waals surface area contributed by atoms with Crippen molar-refractivity contribution in [3.8, 4) is 0 Å². The van der Waals surface area contributed by atoms with Gasteiger partial charge in [-0.3, -0.25) is 0 Å². The zero-order valence-corrected chi connectivity index (χ0v) is 11.8. The molecule has 1 rings (SSSR count). The molecule has 3 N–H and O–H groups in total. The fourth-order valence-corrected chi connectivity index (χ4v) is 2.61. The lowest BCUT2D eigenvalue weighted by Crippen LogP contribution is -2.25. The van der Waals surface area contributed by atoms with Crippen LogP contribution >= 0.6 is 12.4 Å². The van der Waals surface area contributed by atoms with Gasteiger partial charge < -0.3 is 5.73 Å². The Bertz CT molecular complexity index is 460. The van der Waals surface area contributed by atoms with Crippen LogP contribution in [0.1, 0.15) is 18.4 Å². The van der Waals surface area contributed by atoms with Crippen molar-refractivity contribution in [2.45, 2.75) is 24.7 Å². The summed E-state index contributed by atoms with van der Waals surface area (Å²) in [7, 11) is -3.62. The van der Waals surface area contributed by atoms with E-state index < -0.39 is 15.8 Å². The van der Waals surface area contributed by atoms with E-state index in [0.29, 0.717) is 25.1 Å². The summed E-state index contributed by atoms with van der Waals surface area (Å²) in [6, 6.07) is 3.74. The minimum Gasteiger partial charge on any atom is -0.330 e. The van der Waals surface area contributed by atoms with Gasteiger partial charge in [0.1, 0.15) is 5.82 Å². The molecular weight excluding hydrogens is 279 g/mol. The first kappa shape index (κ1) is 17.3. The Balaban J connectivity index is 0.00000289. The molecule has 4 nitrogen and oxygen atoms in total. The highest BCUT2D eigenvalue weighted by atomic mass is 35.5. The molecule has 0 saturated heterocycles. The molecule has 0 unspecified atom stereocenters. The topological polar surface area (TPSA) is 72.2 Å². The fourth-order valence-electron chi connectivity index (χ4n) is 1.42. The molecule has 0 heterocycles. The lowest BCUT2D eigenvalue weighted by molar-refractivity contribution is 0.573. The van der Waals surface area contributed by atoms with Crippen LogP contribution in [0.4, 0.5) is 4.39 Å². The van der Waals surface area contributed by atoms with Crippen molar-refractivity contribution in [2.24, 2.45) is 5.73 Å². The maximum atomic E-state index is 13.1. The quantitative estimate of drug-likeness (QED) is 0.783. The first-order valence-corrected chi connectivity index (χ1v) is 6.91. The van der Waals surface area contributed by atoms with E-state index in [9.17, 15) is 12.8 Å². The van der Waals surface area contributed by atoms with Gasteiger partial charge in [-0.05, 0) is 50.1 Å². The number of sulfonamides is 1. The van der Waals surface area contributed by atoms with Crippen molar-refractivity contribution in [3.05, 3.63) is 29.6 Å². The molecule has 0 spiro atoms. The average Bonchev–Trinajstić information content (AvgIpc) is 2.23. The molecule has 0 aliphatic carbocycles. The van der Waals surface area contributed by atoms with E-state index in [0.717, 1.165) is 12.5 Å². The number of unbranched alkanes of at least 4 members (excludes halogenated alkanes) is 1. The van der Waals surface area contributed by atoms with Crippen molar-refractivity contribution >= 4 is 22.4 Å². The predicted molar refractivity (Wildman–Crippen MR) is 71.9 cm³/mol. The van der Waals surface area contributed by atoms with Crippen LogP contribution in [0.15, 0.2) is 23.1 Å². The number of aryl methyl sites for hydroxylation is 1. The SMILES string of the molecule is Cc1cc(F)cc(S(=O)(=O)NCCCCN)c1.Cl. The minimum absolute atomic E-state index is 0. The van der Waals surface area contributed by atoms with Gasteiger partial charge in [-0.1, -0.05) is 0 Å². The van der Waals surface area contributed by atoms with E-state index in [2.05, 4.69) is 4.72 Å². The Morgan fingerprint density at radius 3 is 2.50 bits per heavy atom. The van der Waals surface area contributed by atoms with Crippen LogP contribution in [0.3, 0.4) is 0 Å². The zero-order valence-electron chi connectivity index (χ0n) is 10.1. The van der Waals surface area contributed by atoms with E-state index in [1.807, 2.05) is 0 Å². The largest absolute Gasteiger partial charge is 0.330 e. The molecule has 0 atom stereocenters. The minimum atomic E-state index is -3.62. The molecule has 0 aliphatic heterocycles. The molecule has 18 heavy (non-hydrogen) atoms. The van der Waals surface area contributed by atoms with Gasteiger partial charge in [-0.15, -0.1) is 12.4 Å². The molecular formula is C11H18ClFN2O2S. The van der Waals surface area contributed by atoms with Crippen LogP contribution in [-0.4, -0.2) is 21.5 Å². The van der Waals surface area contributed by atoms with Gasteiger partial charge in [0.25, 0.3) is 0 Å². The second-order valence-corrected chi connectivity index (χ2v) is 5.62. The summed E-state index contributed by atoms with van der Waals surface area (Å²) in [5.74, 6) is -0.549. The number of benzene rings is 1. The van der Waals surface area contributed by atoms with Gasteiger partial charge in [0.2, 0.25) is 10.0 Å². The highest BCUT2D eigenvalue weighted by Gasteiger charge is 2.14. The Morgan fingerprint density at radius 1 is 1.28 bits per heavy atom. The summed E-state index contributed by atoms with van der Waals surface area (Å²) in [5, 5.41) is 0. The summed E-state index contributed by atoms with van der Waals surface area (Å²) in [4.78, 5) is -0.0391. The van der Waals surface area contributed by atoms with Crippen LogP contribution in [0, 0.1) is 12.7 Å². The molecule has 0 amide bonds. The van der Waals surface area contributed by atoms with Crippen molar-refractivity contribution < 1.29 is 12.8 Å². The predicted octanol–water partition coefficient (Wildman–Crippen LogP) is 1.57. The number of nitrogens with two attached hydrogens (primary N) is 1. The summed E-state index contributed by atoms with van der Waals surface area (Å²) in [6.07, 6.45) is 1.43. The molecule has 1 aromatic rings. The van der Waals surface area contributed by atoms with Gasteiger partial charge in [0, 0.05) is 6.54 Å². The monoisotopic (exact) mass is 296 g/mol. The van der Waals surface area contributed by atoms with Crippen molar-refractivity contribution in [3.63, 3.8) is 0 Å². The molecule has 0 radical (unpaired) electrons. The van der Waals surface area contributed by atoms with E-state index in [1.165, 1.54) is 12.1 Å². The summed E-state index contributed by atoms with van der Waals surface area (Å²) in [5.41, 5.74) is 5.88. The smallest absolute Gasteiger partial charge is 0.240 e.